The fourth-order valence-corrected chi connectivity index (χ4v) is 7.98. The number of hydrogen-bond donors (Lipinski definition) is 0. The van der Waals surface area contributed by atoms with Gasteiger partial charge in [-0.25, -0.2) is 0 Å². The molecule has 432 valence electrons. The van der Waals surface area contributed by atoms with Gasteiger partial charge in [-0.15, -0.1) is 0 Å². The van der Waals surface area contributed by atoms with E-state index in [9.17, 15) is 14.4 Å². The third-order valence-corrected chi connectivity index (χ3v) is 12.5. The minimum absolute atomic E-state index is 0.104. The number of rotatable bonds is 54. The normalized spacial score (nSPS) is 13.2. The summed E-state index contributed by atoms with van der Waals surface area (Å²) in [6.45, 7) is 6.25. The number of ether oxygens (including phenoxy) is 3. The zero-order valence-corrected chi connectivity index (χ0v) is 49.4. The molecule has 0 radical (unpaired) electrons. The van der Waals surface area contributed by atoms with Crippen molar-refractivity contribution in [1.29, 1.82) is 0 Å². The van der Waals surface area contributed by atoms with E-state index in [1.54, 1.807) is 6.08 Å². The standard InChI is InChI=1S/C71H112O6/c1-4-7-10-13-16-19-22-25-28-30-32-33-34-35-36-37-39-40-43-46-49-52-55-58-61-64-70(73)76-67-68(66-75-69(72)63-60-57-54-51-48-45-42-27-24-21-18-15-12-9-6-3)77-71(74)65-62-59-56-53-50-47-44-41-38-31-29-26-23-20-17-14-11-8-5-2/h8-9,11-12,17-18,20-22,25-27,29-30,32,38,41-42,47-48,50-51,56-57,59-60,68H,4-7,10,13-16,19,23-24,28,31,33-37,39-40,43-46,49,52-55,58,61-67H2,1-3H3/b11-8-,12-9-,20-17-,21-18-,25-22-,29-26-,32-30-,41-38-,42-27-,50-47-,51-48-,59-56-,60-57-. The Labute approximate surface area is 473 Å². The first-order valence-electron chi connectivity index (χ1n) is 31.0. The summed E-state index contributed by atoms with van der Waals surface area (Å²) in [5.74, 6) is -1.17. The van der Waals surface area contributed by atoms with Crippen molar-refractivity contribution in [2.75, 3.05) is 13.2 Å². The van der Waals surface area contributed by atoms with Gasteiger partial charge in [-0.05, 0) is 116 Å². The molecule has 0 aliphatic heterocycles. The maximum absolute atomic E-state index is 12.8. The van der Waals surface area contributed by atoms with Gasteiger partial charge in [-0.2, -0.15) is 0 Å². The highest BCUT2D eigenvalue weighted by molar-refractivity contribution is 5.72. The molecule has 6 heteroatoms. The molecule has 0 aliphatic carbocycles. The smallest absolute Gasteiger partial charge is 0.309 e. The Morgan fingerprint density at radius 2 is 0.584 bits per heavy atom. The molecule has 0 aliphatic rings. The second-order valence-corrected chi connectivity index (χ2v) is 19.9. The molecule has 1 unspecified atom stereocenters. The Kier molecular flexibility index (Phi) is 59.5. The molecule has 0 saturated heterocycles. The molecule has 0 heterocycles. The number of allylic oxidation sites excluding steroid dienone is 25. The highest BCUT2D eigenvalue weighted by Crippen LogP contribution is 2.15. The summed E-state index contributed by atoms with van der Waals surface area (Å²) in [5.41, 5.74) is 0. The van der Waals surface area contributed by atoms with Gasteiger partial charge in [0.2, 0.25) is 0 Å². The van der Waals surface area contributed by atoms with E-state index in [-0.39, 0.29) is 32.0 Å². The molecule has 0 aromatic rings. The fraction of sp³-hybridized carbons (Fsp3) is 0.592. The minimum atomic E-state index is -0.867. The molecule has 0 bridgehead atoms. The highest BCUT2D eigenvalue weighted by Gasteiger charge is 2.19. The zero-order chi connectivity index (χ0) is 55.7. The van der Waals surface area contributed by atoms with Crippen molar-refractivity contribution >= 4 is 17.9 Å². The number of carbonyl (C=O) groups excluding carboxylic acids is 3. The lowest BCUT2D eigenvalue weighted by Gasteiger charge is -2.18. The first-order valence-corrected chi connectivity index (χ1v) is 31.0. The third-order valence-electron chi connectivity index (χ3n) is 12.5. The van der Waals surface area contributed by atoms with Gasteiger partial charge >= 0.3 is 17.9 Å². The SMILES string of the molecule is CC/C=C\C/C=C\C/C=C\C/C=C\C/C=C\C/C=C\CCC(=O)OC(COC(=O)C/C=C\C/C=C\C/C=C\C/C=C\C/C=C\CC)COC(=O)CCCCCCCCCCCCCCC/C=C\C/C=C\CCCCCCC. The van der Waals surface area contributed by atoms with E-state index in [2.05, 4.69) is 154 Å². The van der Waals surface area contributed by atoms with E-state index in [0.29, 0.717) is 12.8 Å². The average molecular weight is 1060 g/mol. The highest BCUT2D eigenvalue weighted by atomic mass is 16.6. The molecular formula is C71H112O6. The molecule has 77 heavy (non-hydrogen) atoms. The van der Waals surface area contributed by atoms with Gasteiger partial charge in [0.15, 0.2) is 6.10 Å². The van der Waals surface area contributed by atoms with Crippen LogP contribution >= 0.6 is 0 Å². The van der Waals surface area contributed by atoms with Gasteiger partial charge in [-0.1, -0.05) is 275 Å². The average Bonchev–Trinajstić information content (AvgIpc) is 3.43. The lowest BCUT2D eigenvalue weighted by molar-refractivity contribution is -0.166. The maximum atomic E-state index is 12.8. The predicted molar refractivity (Wildman–Crippen MR) is 334 cm³/mol. The van der Waals surface area contributed by atoms with Crippen molar-refractivity contribution in [2.24, 2.45) is 0 Å². The number of hydrogen-bond acceptors (Lipinski definition) is 6. The predicted octanol–water partition coefficient (Wildman–Crippen LogP) is 21.3. The number of unbranched alkanes of at least 4 members (excludes halogenated alkanes) is 18. The van der Waals surface area contributed by atoms with E-state index in [1.807, 2.05) is 18.2 Å². The summed E-state index contributed by atoms with van der Waals surface area (Å²) in [5, 5.41) is 0. The Bertz CT molecular complexity index is 1740. The largest absolute Gasteiger partial charge is 0.462 e. The van der Waals surface area contributed by atoms with Gasteiger partial charge in [0.1, 0.15) is 13.2 Å². The van der Waals surface area contributed by atoms with E-state index >= 15 is 0 Å². The maximum Gasteiger partial charge on any atom is 0.309 e. The van der Waals surface area contributed by atoms with Crippen LogP contribution in [0.1, 0.15) is 252 Å². The summed E-state index contributed by atoms with van der Waals surface area (Å²) in [6, 6.07) is 0. The van der Waals surface area contributed by atoms with E-state index in [4.69, 9.17) is 14.2 Å². The lowest BCUT2D eigenvalue weighted by atomic mass is 10.0. The molecule has 0 fully saturated rings. The molecule has 0 aromatic carbocycles. The van der Waals surface area contributed by atoms with Gasteiger partial charge in [0.05, 0.1) is 6.42 Å². The van der Waals surface area contributed by atoms with E-state index in [0.717, 1.165) is 96.3 Å². The summed E-state index contributed by atoms with van der Waals surface area (Å²) >= 11 is 0. The Hall–Kier alpha value is -4.97. The summed E-state index contributed by atoms with van der Waals surface area (Å²) in [7, 11) is 0. The van der Waals surface area contributed by atoms with Gasteiger partial charge in [0, 0.05) is 12.8 Å². The van der Waals surface area contributed by atoms with Crippen LogP contribution in [-0.4, -0.2) is 37.2 Å². The van der Waals surface area contributed by atoms with Gasteiger partial charge in [0.25, 0.3) is 0 Å². The van der Waals surface area contributed by atoms with Crippen molar-refractivity contribution in [2.45, 2.75) is 258 Å². The van der Waals surface area contributed by atoms with Crippen LogP contribution in [0.4, 0.5) is 0 Å². The van der Waals surface area contributed by atoms with Gasteiger partial charge in [-0.3, -0.25) is 14.4 Å². The van der Waals surface area contributed by atoms with Crippen molar-refractivity contribution < 1.29 is 28.6 Å². The van der Waals surface area contributed by atoms with Crippen molar-refractivity contribution in [3.8, 4) is 0 Å². The van der Waals surface area contributed by atoms with Crippen LogP contribution in [0.15, 0.2) is 158 Å². The molecule has 0 saturated carbocycles. The van der Waals surface area contributed by atoms with Crippen LogP contribution in [0, 0.1) is 0 Å². The third kappa shape index (κ3) is 61.8. The minimum Gasteiger partial charge on any atom is -0.462 e. The second kappa shape index (κ2) is 63.6. The quantitative estimate of drug-likeness (QED) is 0.0261. The number of carbonyl (C=O) groups is 3. The van der Waals surface area contributed by atoms with Crippen molar-refractivity contribution in [1.82, 2.24) is 0 Å². The first-order chi connectivity index (χ1) is 38.0. The summed E-state index contributed by atoms with van der Waals surface area (Å²) < 4.78 is 16.7. The topological polar surface area (TPSA) is 78.9 Å². The van der Waals surface area contributed by atoms with E-state index < -0.39 is 18.0 Å². The molecule has 0 amide bonds. The van der Waals surface area contributed by atoms with Crippen molar-refractivity contribution in [3.05, 3.63) is 158 Å². The second-order valence-electron chi connectivity index (χ2n) is 19.9. The molecule has 1 atom stereocenters. The van der Waals surface area contributed by atoms with Crippen LogP contribution in [0.2, 0.25) is 0 Å². The summed E-state index contributed by atoms with van der Waals surface area (Å²) in [6.07, 6.45) is 92.9. The molecule has 0 N–H and O–H groups in total. The lowest BCUT2D eigenvalue weighted by Crippen LogP contribution is -2.30. The van der Waals surface area contributed by atoms with Crippen LogP contribution in [0.5, 0.6) is 0 Å². The Morgan fingerprint density at radius 1 is 0.286 bits per heavy atom. The van der Waals surface area contributed by atoms with E-state index in [1.165, 1.54) is 109 Å². The van der Waals surface area contributed by atoms with Crippen LogP contribution in [0.25, 0.3) is 0 Å². The molecular weight excluding hydrogens is 949 g/mol. The fourth-order valence-electron chi connectivity index (χ4n) is 7.98. The Morgan fingerprint density at radius 3 is 0.961 bits per heavy atom. The van der Waals surface area contributed by atoms with Gasteiger partial charge < -0.3 is 14.2 Å². The molecule has 6 nitrogen and oxygen atoms in total. The van der Waals surface area contributed by atoms with Crippen LogP contribution in [-0.2, 0) is 28.6 Å². The monoisotopic (exact) mass is 1060 g/mol. The molecule has 0 rings (SSSR count). The van der Waals surface area contributed by atoms with Crippen molar-refractivity contribution in [3.63, 3.8) is 0 Å². The zero-order valence-electron chi connectivity index (χ0n) is 49.4. The number of esters is 3. The van der Waals surface area contributed by atoms with Crippen LogP contribution in [0.3, 0.4) is 0 Å². The summed E-state index contributed by atoms with van der Waals surface area (Å²) in [4.78, 5) is 38.2. The molecule has 0 spiro atoms. The Balaban J connectivity index is 4.52. The van der Waals surface area contributed by atoms with Crippen LogP contribution < -0.4 is 0 Å². The molecule has 0 aromatic heterocycles. The first kappa shape index (κ1) is 72.0.